The molecule has 3 N–H and O–H groups in total. The van der Waals surface area contributed by atoms with Gasteiger partial charge >= 0.3 is 8.25 Å². The van der Waals surface area contributed by atoms with Gasteiger partial charge in [0.25, 0.3) is 0 Å². The Kier molecular flexibility index (Phi) is 17.6. The summed E-state index contributed by atoms with van der Waals surface area (Å²) in [4.78, 5) is 24.2. The van der Waals surface area contributed by atoms with Gasteiger partial charge in [-0.15, -0.1) is 0 Å². The summed E-state index contributed by atoms with van der Waals surface area (Å²) in [7, 11) is -5.95. The second kappa shape index (κ2) is 15.8. The van der Waals surface area contributed by atoms with Crippen LogP contribution in [-0.2, 0) is 9.13 Å². The molecular weight excluding hydrogens is 334 g/mol. The fourth-order valence-corrected chi connectivity index (χ4v) is 3.95. The van der Waals surface area contributed by atoms with E-state index < -0.39 is 15.6 Å². The lowest BCUT2D eigenvalue weighted by Gasteiger charge is -2.12. The van der Waals surface area contributed by atoms with Crippen LogP contribution >= 0.6 is 15.6 Å². The van der Waals surface area contributed by atoms with Gasteiger partial charge in [0.05, 0.1) is 0 Å². The Bertz CT molecular complexity index is 306. The van der Waals surface area contributed by atoms with Gasteiger partial charge in [-0.1, -0.05) is 66.2 Å². The van der Waals surface area contributed by atoms with Crippen LogP contribution in [0.5, 0.6) is 0 Å². The normalized spacial score (nSPS) is 11.9. The Morgan fingerprint density at radius 3 is 1.35 bits per heavy atom. The first-order valence-electron chi connectivity index (χ1n) is 8.79. The van der Waals surface area contributed by atoms with Crippen LogP contribution in [-0.4, -0.2) is 27.0 Å². The lowest BCUT2D eigenvalue weighted by Crippen LogP contribution is -1.97. The van der Waals surface area contributed by atoms with Crippen molar-refractivity contribution in [2.75, 3.05) is 12.3 Å². The maximum atomic E-state index is 12.0. The molecule has 0 aliphatic carbocycles. The van der Waals surface area contributed by atoms with Crippen molar-refractivity contribution in [3.63, 3.8) is 0 Å². The maximum Gasteiger partial charge on any atom is 0.314 e. The average molecular weight is 372 g/mol. The van der Waals surface area contributed by atoms with Crippen molar-refractivity contribution in [1.29, 1.82) is 0 Å². The zero-order valence-corrected chi connectivity index (χ0v) is 17.2. The molecule has 0 fully saturated rings. The van der Waals surface area contributed by atoms with Crippen LogP contribution in [0.4, 0.5) is 0 Å². The summed E-state index contributed by atoms with van der Waals surface area (Å²) in [5.41, 5.74) is 0. The highest BCUT2D eigenvalue weighted by Crippen LogP contribution is 2.42. The van der Waals surface area contributed by atoms with Gasteiger partial charge in [0, 0.05) is 12.3 Å². The molecular formula is C16H38O5P2. The monoisotopic (exact) mass is 372 g/mol. The molecule has 0 bridgehead atoms. The van der Waals surface area contributed by atoms with Crippen molar-refractivity contribution in [2.45, 2.75) is 79.1 Å². The first-order valence-corrected chi connectivity index (χ1v) is 12.1. The van der Waals surface area contributed by atoms with E-state index in [1.165, 1.54) is 25.7 Å². The topological polar surface area (TPSA) is 94.8 Å². The largest absolute Gasteiger partial charge is 0.344 e. The Labute approximate surface area is 143 Å². The van der Waals surface area contributed by atoms with Gasteiger partial charge in [-0.2, -0.15) is 0 Å². The first-order chi connectivity index (χ1) is 10.6. The molecule has 0 amide bonds. The minimum absolute atomic E-state index is 0.537. The van der Waals surface area contributed by atoms with E-state index in [0.717, 1.165) is 37.5 Å². The van der Waals surface area contributed by atoms with E-state index in [1.807, 2.05) is 0 Å². The molecule has 0 saturated carbocycles. The Hall–Kier alpha value is 0.340. The van der Waals surface area contributed by atoms with Crippen molar-refractivity contribution in [3.8, 4) is 0 Å². The molecule has 142 valence electrons. The summed E-state index contributed by atoms with van der Waals surface area (Å²) in [5, 5.41) is 0. The molecule has 0 atom stereocenters. The van der Waals surface area contributed by atoms with Gasteiger partial charge in [0.15, 0.2) is 0 Å². The smallest absolute Gasteiger partial charge is 0.314 e. The lowest BCUT2D eigenvalue weighted by molar-refractivity contribution is 0.405. The second-order valence-corrected chi connectivity index (χ2v) is 10.2. The molecule has 0 aliphatic rings. The van der Waals surface area contributed by atoms with Crippen LogP contribution < -0.4 is 0 Å². The minimum atomic E-state index is -3.13. The predicted molar refractivity (Wildman–Crippen MR) is 99.6 cm³/mol. The fraction of sp³-hybridized carbons (Fsp3) is 1.00. The summed E-state index contributed by atoms with van der Waals surface area (Å²) in [5.74, 6) is 1.50. The van der Waals surface area contributed by atoms with Gasteiger partial charge in [-0.05, 0) is 24.7 Å². The number of hydrogen-bond donors (Lipinski definition) is 3. The molecule has 0 saturated heterocycles. The van der Waals surface area contributed by atoms with E-state index in [1.54, 1.807) is 0 Å². The Morgan fingerprint density at radius 1 is 0.783 bits per heavy atom. The fourth-order valence-electron chi connectivity index (χ4n) is 2.29. The van der Waals surface area contributed by atoms with Crippen LogP contribution in [0.15, 0.2) is 0 Å². The third-order valence-electron chi connectivity index (χ3n) is 3.58. The number of hydrogen-bond acceptors (Lipinski definition) is 2. The minimum Gasteiger partial charge on any atom is -0.344 e. The van der Waals surface area contributed by atoms with E-state index in [0.29, 0.717) is 12.3 Å². The van der Waals surface area contributed by atoms with Crippen molar-refractivity contribution in [1.82, 2.24) is 0 Å². The molecule has 7 heteroatoms. The van der Waals surface area contributed by atoms with Gasteiger partial charge in [-0.25, -0.2) is 0 Å². The maximum absolute atomic E-state index is 12.0. The van der Waals surface area contributed by atoms with E-state index in [2.05, 4.69) is 27.7 Å². The Morgan fingerprint density at radius 2 is 1.09 bits per heavy atom. The van der Waals surface area contributed by atoms with Crippen molar-refractivity contribution in [3.05, 3.63) is 0 Å². The molecule has 0 aliphatic heterocycles. The summed E-state index contributed by atoms with van der Waals surface area (Å²) in [6.07, 6.45) is 10.0. The molecule has 0 heterocycles. The van der Waals surface area contributed by atoms with E-state index in [9.17, 15) is 9.46 Å². The van der Waals surface area contributed by atoms with E-state index in [4.69, 9.17) is 14.4 Å². The molecule has 0 aromatic carbocycles. The predicted octanol–water partition coefficient (Wildman–Crippen LogP) is 5.05. The van der Waals surface area contributed by atoms with Crippen LogP contribution in [0.2, 0.25) is 0 Å². The van der Waals surface area contributed by atoms with Gasteiger partial charge in [-0.3, -0.25) is 9.13 Å². The third kappa shape index (κ3) is 27.5. The highest BCUT2D eigenvalue weighted by atomic mass is 31.2. The van der Waals surface area contributed by atoms with E-state index >= 15 is 0 Å². The second-order valence-electron chi connectivity index (χ2n) is 7.06. The van der Waals surface area contributed by atoms with Crippen molar-refractivity contribution in [2.24, 2.45) is 11.8 Å². The zero-order valence-electron chi connectivity index (χ0n) is 15.3. The highest BCUT2D eigenvalue weighted by molar-refractivity contribution is 7.57. The zero-order chi connectivity index (χ0) is 18.3. The first kappa shape index (κ1) is 25.6. The van der Waals surface area contributed by atoms with Crippen molar-refractivity contribution < 1.29 is 23.8 Å². The van der Waals surface area contributed by atoms with Crippen molar-refractivity contribution >= 4 is 15.6 Å². The molecule has 0 rings (SSSR count). The lowest BCUT2D eigenvalue weighted by atomic mass is 10.1. The summed E-state index contributed by atoms with van der Waals surface area (Å²) >= 11 is 0. The summed E-state index contributed by atoms with van der Waals surface area (Å²) < 4.78 is 20.7. The molecule has 0 aromatic rings. The average Bonchev–Trinajstić information content (AvgIpc) is 2.36. The molecule has 5 nitrogen and oxygen atoms in total. The van der Waals surface area contributed by atoms with Crippen LogP contribution in [0, 0.1) is 11.8 Å². The van der Waals surface area contributed by atoms with Gasteiger partial charge in [0.1, 0.15) is 0 Å². The molecule has 0 spiro atoms. The van der Waals surface area contributed by atoms with Crippen LogP contribution in [0.3, 0.4) is 0 Å². The number of rotatable bonds is 12. The Balaban J connectivity index is 0. The number of unbranched alkanes of at least 4 members (excludes halogenated alkanes) is 4. The quantitative estimate of drug-likeness (QED) is 0.329. The van der Waals surface area contributed by atoms with E-state index in [-0.39, 0.29) is 0 Å². The standard InChI is InChI=1S/C16H35O2P.H3O3P/c1-15(2)11-7-5-9-13-19(17,18)14-10-6-8-12-16(3)4;1-4(2)3/h15-16H,5-14H2,1-4H3,(H,17,18);4H,(H2,1,2,3). The highest BCUT2D eigenvalue weighted by Gasteiger charge is 2.16. The molecule has 23 heavy (non-hydrogen) atoms. The van der Waals surface area contributed by atoms with Gasteiger partial charge in [0.2, 0.25) is 7.37 Å². The molecule has 0 radical (unpaired) electrons. The van der Waals surface area contributed by atoms with Crippen LogP contribution in [0.1, 0.15) is 79.1 Å². The molecule has 0 aromatic heterocycles. The van der Waals surface area contributed by atoms with Crippen LogP contribution in [0.25, 0.3) is 0 Å². The summed E-state index contributed by atoms with van der Waals surface area (Å²) in [6, 6.07) is 0. The van der Waals surface area contributed by atoms with Gasteiger partial charge < -0.3 is 14.7 Å². The molecule has 0 unspecified atom stereocenters. The third-order valence-corrected chi connectivity index (χ3v) is 5.61. The summed E-state index contributed by atoms with van der Waals surface area (Å²) in [6.45, 7) is 8.92. The SMILES string of the molecule is CC(C)CCCCCP(=O)(O)CCCCCC(C)C.O=[PH](O)O.